The number of esters is 1. The molecule has 7 heteroatoms. The van der Waals surface area contributed by atoms with E-state index in [2.05, 4.69) is 6.07 Å². The molecule has 6 nitrogen and oxygen atoms in total. The molecule has 0 aliphatic carbocycles. The van der Waals surface area contributed by atoms with E-state index >= 15 is 0 Å². The van der Waals surface area contributed by atoms with Crippen LogP contribution in [0.1, 0.15) is 30.9 Å². The lowest BCUT2D eigenvalue weighted by Crippen LogP contribution is -2.26. The Labute approximate surface area is 174 Å². The van der Waals surface area contributed by atoms with E-state index in [4.69, 9.17) is 19.9 Å². The van der Waals surface area contributed by atoms with Gasteiger partial charge in [-0.25, -0.2) is 9.18 Å². The second-order valence-electron chi connectivity index (χ2n) is 6.56. The molecule has 1 heterocycles. The van der Waals surface area contributed by atoms with Gasteiger partial charge in [0.25, 0.3) is 0 Å². The van der Waals surface area contributed by atoms with Gasteiger partial charge in [-0.05, 0) is 49.2 Å². The molecule has 0 amide bonds. The summed E-state index contributed by atoms with van der Waals surface area (Å²) in [5, 5.41) is 9.72. The van der Waals surface area contributed by atoms with Gasteiger partial charge in [0.15, 0.2) is 0 Å². The predicted molar refractivity (Wildman–Crippen MR) is 107 cm³/mol. The maximum absolute atomic E-state index is 13.1. The molecular formula is C23H21FN2O4. The van der Waals surface area contributed by atoms with E-state index in [9.17, 15) is 14.4 Å². The largest absolute Gasteiger partial charge is 0.489 e. The average molecular weight is 408 g/mol. The Morgan fingerprint density at radius 3 is 2.60 bits per heavy atom. The van der Waals surface area contributed by atoms with Gasteiger partial charge in [-0.2, -0.15) is 5.26 Å². The van der Waals surface area contributed by atoms with Crippen molar-refractivity contribution in [2.75, 3.05) is 6.61 Å². The van der Waals surface area contributed by atoms with E-state index in [1.54, 1.807) is 26.0 Å². The molecule has 2 aromatic carbocycles. The van der Waals surface area contributed by atoms with Gasteiger partial charge in [-0.15, -0.1) is 0 Å². The summed E-state index contributed by atoms with van der Waals surface area (Å²) in [5.74, 6) is -0.966. The number of hydrogen-bond acceptors (Lipinski definition) is 6. The fourth-order valence-electron chi connectivity index (χ4n) is 3.30. The zero-order chi connectivity index (χ0) is 21.7. The highest BCUT2D eigenvalue weighted by Gasteiger charge is 2.37. The minimum atomic E-state index is -0.754. The first-order valence-electron chi connectivity index (χ1n) is 9.37. The predicted octanol–water partition coefficient (Wildman–Crippen LogP) is 4.05. The summed E-state index contributed by atoms with van der Waals surface area (Å²) in [5.41, 5.74) is 7.71. The number of carbonyl (C=O) groups is 1. The standard InChI is InChI=1S/C23H21FN2O4/c1-3-28-23(27)20-14(2)30-22(26)19(12-25)21(20)18-7-5-4-6-15(18)13-29-17-10-8-16(24)9-11-17/h4-11,21H,3,13,26H2,1-2H3. The van der Waals surface area contributed by atoms with Crippen molar-refractivity contribution in [2.45, 2.75) is 26.4 Å². The third-order valence-electron chi connectivity index (χ3n) is 4.68. The molecule has 30 heavy (non-hydrogen) atoms. The molecule has 0 saturated heterocycles. The van der Waals surface area contributed by atoms with Crippen molar-refractivity contribution >= 4 is 5.97 Å². The van der Waals surface area contributed by atoms with Crippen molar-refractivity contribution in [1.29, 1.82) is 5.26 Å². The van der Waals surface area contributed by atoms with Crippen LogP contribution in [0.25, 0.3) is 0 Å². The van der Waals surface area contributed by atoms with Crippen LogP contribution in [0.5, 0.6) is 5.75 Å². The molecule has 0 radical (unpaired) electrons. The highest BCUT2D eigenvalue weighted by atomic mass is 19.1. The van der Waals surface area contributed by atoms with Crippen molar-refractivity contribution in [3.8, 4) is 11.8 Å². The number of carbonyl (C=O) groups excluding carboxylic acids is 1. The first-order valence-corrected chi connectivity index (χ1v) is 9.37. The van der Waals surface area contributed by atoms with E-state index in [-0.39, 0.29) is 41.8 Å². The molecule has 3 rings (SSSR count). The molecule has 0 saturated carbocycles. The SMILES string of the molecule is CCOC(=O)C1=C(C)OC(N)=C(C#N)C1c1ccccc1COc1ccc(F)cc1. The lowest BCUT2D eigenvalue weighted by atomic mass is 9.81. The number of benzene rings is 2. The van der Waals surface area contributed by atoms with Crippen LogP contribution >= 0.6 is 0 Å². The van der Waals surface area contributed by atoms with E-state index in [1.165, 1.54) is 24.3 Å². The second-order valence-corrected chi connectivity index (χ2v) is 6.56. The lowest BCUT2D eigenvalue weighted by molar-refractivity contribution is -0.139. The minimum absolute atomic E-state index is 0.0534. The fourth-order valence-corrected chi connectivity index (χ4v) is 3.30. The Bertz CT molecular complexity index is 1050. The van der Waals surface area contributed by atoms with Gasteiger partial charge in [-0.3, -0.25) is 0 Å². The number of halogens is 1. The Morgan fingerprint density at radius 1 is 1.23 bits per heavy atom. The fraction of sp³-hybridized carbons (Fsp3) is 0.217. The van der Waals surface area contributed by atoms with Gasteiger partial charge in [0, 0.05) is 0 Å². The Hall–Kier alpha value is -3.79. The van der Waals surface area contributed by atoms with Crippen LogP contribution in [0, 0.1) is 17.1 Å². The molecule has 1 aliphatic heterocycles. The topological polar surface area (TPSA) is 94.6 Å². The minimum Gasteiger partial charge on any atom is -0.489 e. The third kappa shape index (κ3) is 4.28. The molecule has 1 aliphatic rings. The lowest BCUT2D eigenvalue weighted by Gasteiger charge is -2.28. The van der Waals surface area contributed by atoms with Crippen molar-refractivity contribution in [3.05, 3.63) is 88.3 Å². The summed E-state index contributed by atoms with van der Waals surface area (Å²) in [6.45, 7) is 3.63. The number of nitrogens with two attached hydrogens (primary N) is 1. The maximum Gasteiger partial charge on any atom is 0.338 e. The van der Waals surface area contributed by atoms with Crippen molar-refractivity contribution in [3.63, 3.8) is 0 Å². The number of ether oxygens (including phenoxy) is 3. The molecule has 0 bridgehead atoms. The number of hydrogen-bond donors (Lipinski definition) is 1. The van der Waals surface area contributed by atoms with Crippen LogP contribution in [0.2, 0.25) is 0 Å². The highest BCUT2D eigenvalue weighted by molar-refractivity contribution is 5.92. The molecule has 0 fully saturated rings. The van der Waals surface area contributed by atoms with Crippen LogP contribution in [0.3, 0.4) is 0 Å². The molecule has 2 N–H and O–H groups in total. The van der Waals surface area contributed by atoms with Crippen LogP contribution < -0.4 is 10.5 Å². The smallest absolute Gasteiger partial charge is 0.338 e. The molecule has 2 aromatic rings. The molecule has 154 valence electrons. The third-order valence-corrected chi connectivity index (χ3v) is 4.68. The summed E-state index contributed by atoms with van der Waals surface area (Å²) in [4.78, 5) is 12.7. The molecule has 0 spiro atoms. The van der Waals surface area contributed by atoms with Crippen molar-refractivity contribution < 1.29 is 23.4 Å². The molecule has 1 unspecified atom stereocenters. The zero-order valence-electron chi connectivity index (χ0n) is 16.6. The van der Waals surface area contributed by atoms with Gasteiger partial charge in [0.05, 0.1) is 18.1 Å². The monoisotopic (exact) mass is 408 g/mol. The average Bonchev–Trinajstić information content (AvgIpc) is 2.73. The van der Waals surface area contributed by atoms with E-state index < -0.39 is 11.9 Å². The van der Waals surface area contributed by atoms with Crippen LogP contribution in [-0.2, 0) is 20.9 Å². The molecular weight excluding hydrogens is 387 g/mol. The summed E-state index contributed by atoms with van der Waals surface area (Å²) in [7, 11) is 0. The second kappa shape index (κ2) is 9.14. The normalized spacial score (nSPS) is 16.0. The zero-order valence-corrected chi connectivity index (χ0v) is 16.6. The summed E-state index contributed by atoms with van der Waals surface area (Å²) < 4.78 is 29.6. The summed E-state index contributed by atoms with van der Waals surface area (Å²) >= 11 is 0. The molecule has 0 aromatic heterocycles. The number of rotatable bonds is 6. The van der Waals surface area contributed by atoms with Gasteiger partial charge in [0.1, 0.15) is 35.6 Å². The Balaban J connectivity index is 2.02. The van der Waals surface area contributed by atoms with Crippen LogP contribution in [0.4, 0.5) is 4.39 Å². The quantitative estimate of drug-likeness (QED) is 0.725. The van der Waals surface area contributed by atoms with Gasteiger partial charge >= 0.3 is 5.97 Å². The first kappa shape index (κ1) is 20.9. The van der Waals surface area contributed by atoms with E-state index in [0.29, 0.717) is 11.3 Å². The molecule has 1 atom stereocenters. The van der Waals surface area contributed by atoms with Crippen LogP contribution in [0.15, 0.2) is 71.3 Å². The Morgan fingerprint density at radius 2 is 1.93 bits per heavy atom. The number of nitrogens with zero attached hydrogens (tertiary/aromatic N) is 1. The van der Waals surface area contributed by atoms with Gasteiger partial charge in [-0.1, -0.05) is 24.3 Å². The highest BCUT2D eigenvalue weighted by Crippen LogP contribution is 2.41. The summed E-state index contributed by atoms with van der Waals surface area (Å²) in [6, 6.07) is 15.0. The van der Waals surface area contributed by atoms with Gasteiger partial charge < -0.3 is 19.9 Å². The van der Waals surface area contributed by atoms with E-state index in [0.717, 1.165) is 5.56 Å². The number of allylic oxidation sites excluding steroid dienone is 2. The van der Waals surface area contributed by atoms with Crippen molar-refractivity contribution in [1.82, 2.24) is 0 Å². The van der Waals surface area contributed by atoms with Crippen molar-refractivity contribution in [2.24, 2.45) is 5.73 Å². The van der Waals surface area contributed by atoms with E-state index in [1.807, 2.05) is 12.1 Å². The van der Waals surface area contributed by atoms with Crippen LogP contribution in [-0.4, -0.2) is 12.6 Å². The number of nitriles is 1. The summed E-state index contributed by atoms with van der Waals surface area (Å²) in [6.07, 6.45) is 0. The first-order chi connectivity index (χ1) is 14.5. The maximum atomic E-state index is 13.1. The van der Waals surface area contributed by atoms with Gasteiger partial charge in [0.2, 0.25) is 5.88 Å². The Kier molecular flexibility index (Phi) is 6.38.